The van der Waals surface area contributed by atoms with Crippen LogP contribution >= 0.6 is 0 Å². The maximum atomic E-state index is 13.2. The Bertz CT molecular complexity index is 622. The summed E-state index contributed by atoms with van der Waals surface area (Å²) in [7, 11) is 0. The number of nitrogens with zero attached hydrogens (tertiary/aromatic N) is 1. The molecule has 4 rings (SSSR count). The van der Waals surface area contributed by atoms with E-state index in [4.69, 9.17) is 9.47 Å². The maximum Gasteiger partial charge on any atom is 0.429 e. The van der Waals surface area contributed by atoms with Crippen LogP contribution < -0.4 is 5.43 Å². The highest BCUT2D eigenvalue weighted by Crippen LogP contribution is 2.62. The van der Waals surface area contributed by atoms with Gasteiger partial charge in [0.15, 0.2) is 0 Å². The van der Waals surface area contributed by atoms with E-state index in [0.29, 0.717) is 24.2 Å². The molecule has 3 atom stereocenters. The van der Waals surface area contributed by atoms with E-state index in [9.17, 15) is 14.7 Å². The molecule has 4 saturated carbocycles. The highest BCUT2D eigenvalue weighted by molar-refractivity contribution is 5.75. The molecule has 4 aliphatic rings. The average Bonchev–Trinajstić information content (AvgIpc) is 2.49. The van der Waals surface area contributed by atoms with E-state index in [1.54, 1.807) is 20.8 Å². The predicted octanol–water partition coefficient (Wildman–Crippen LogP) is 4.24. The summed E-state index contributed by atoms with van der Waals surface area (Å²) in [5, 5.41) is 11.2. The predicted molar refractivity (Wildman–Crippen MR) is 109 cm³/mol. The molecule has 4 bridgehead atoms. The number of amides is 2. The SMILES string of the molecule is CC(C)(C)OC(=O)NN(C(=O)OC(C)(C)C)C1C2CC3CC(C2)CC1(CCO)C3. The van der Waals surface area contributed by atoms with Crippen molar-refractivity contribution in [3.8, 4) is 0 Å². The molecule has 0 radical (unpaired) electrons. The Morgan fingerprint density at radius 2 is 1.55 bits per heavy atom. The zero-order chi connectivity index (χ0) is 21.6. The van der Waals surface area contributed by atoms with Gasteiger partial charge >= 0.3 is 12.2 Å². The second-order valence-electron chi connectivity index (χ2n) is 11.4. The Morgan fingerprint density at radius 1 is 1.00 bits per heavy atom. The molecule has 0 heterocycles. The van der Waals surface area contributed by atoms with Gasteiger partial charge in [0.05, 0.1) is 6.04 Å². The highest BCUT2D eigenvalue weighted by atomic mass is 16.6. The topological polar surface area (TPSA) is 88.1 Å². The molecular formula is C22H38N2O5. The Kier molecular flexibility index (Phi) is 5.84. The van der Waals surface area contributed by atoms with Gasteiger partial charge in [0, 0.05) is 6.61 Å². The van der Waals surface area contributed by atoms with Gasteiger partial charge in [-0.1, -0.05) is 0 Å². The minimum absolute atomic E-state index is 0.0806. The molecule has 7 heteroatoms. The fourth-order valence-electron chi connectivity index (χ4n) is 6.18. The van der Waals surface area contributed by atoms with E-state index in [0.717, 1.165) is 25.7 Å². The summed E-state index contributed by atoms with van der Waals surface area (Å²) in [6.07, 6.45) is 4.77. The van der Waals surface area contributed by atoms with Gasteiger partial charge in [-0.3, -0.25) is 0 Å². The van der Waals surface area contributed by atoms with Crippen LogP contribution in [0.15, 0.2) is 0 Å². The number of hydrogen-bond acceptors (Lipinski definition) is 5. The number of nitrogens with one attached hydrogen (secondary N) is 1. The van der Waals surface area contributed by atoms with Crippen molar-refractivity contribution in [3.63, 3.8) is 0 Å². The third-order valence-corrected chi connectivity index (χ3v) is 6.49. The molecule has 0 aromatic carbocycles. The Balaban J connectivity index is 1.91. The van der Waals surface area contributed by atoms with Crippen LogP contribution in [0.5, 0.6) is 0 Å². The van der Waals surface area contributed by atoms with Gasteiger partial charge in [0.25, 0.3) is 0 Å². The van der Waals surface area contributed by atoms with Crippen LogP contribution in [0.1, 0.15) is 80.1 Å². The smallest absolute Gasteiger partial charge is 0.429 e. The summed E-state index contributed by atoms with van der Waals surface area (Å²) >= 11 is 0. The van der Waals surface area contributed by atoms with Crippen molar-refractivity contribution >= 4 is 12.2 Å². The van der Waals surface area contributed by atoms with E-state index in [1.807, 2.05) is 20.8 Å². The van der Waals surface area contributed by atoms with Gasteiger partial charge in [-0.25, -0.2) is 20.0 Å². The van der Waals surface area contributed by atoms with Gasteiger partial charge in [-0.2, -0.15) is 0 Å². The number of carbonyl (C=O) groups is 2. The first-order chi connectivity index (χ1) is 13.3. The van der Waals surface area contributed by atoms with Crippen LogP contribution in [0.25, 0.3) is 0 Å². The number of hydrogen-bond donors (Lipinski definition) is 2. The minimum atomic E-state index is -0.680. The fraction of sp³-hybridized carbons (Fsp3) is 0.909. The van der Waals surface area contributed by atoms with E-state index < -0.39 is 23.4 Å². The van der Waals surface area contributed by atoms with Crippen molar-refractivity contribution in [2.45, 2.75) is 97.3 Å². The lowest BCUT2D eigenvalue weighted by molar-refractivity contribution is -0.144. The van der Waals surface area contributed by atoms with E-state index in [-0.39, 0.29) is 18.1 Å². The van der Waals surface area contributed by atoms with Gasteiger partial charge in [-0.15, -0.1) is 0 Å². The second kappa shape index (κ2) is 7.64. The first kappa shape index (κ1) is 22.2. The number of aliphatic hydroxyl groups excluding tert-OH is 1. The number of carbonyl (C=O) groups excluding carboxylic acids is 2. The van der Waals surface area contributed by atoms with Gasteiger partial charge in [0.2, 0.25) is 0 Å². The largest absolute Gasteiger partial charge is 0.443 e. The van der Waals surface area contributed by atoms with Crippen molar-refractivity contribution in [1.82, 2.24) is 10.4 Å². The minimum Gasteiger partial charge on any atom is -0.443 e. The first-order valence-corrected chi connectivity index (χ1v) is 10.9. The molecule has 0 aliphatic heterocycles. The first-order valence-electron chi connectivity index (χ1n) is 10.9. The van der Waals surface area contributed by atoms with Crippen LogP contribution in [-0.2, 0) is 9.47 Å². The number of rotatable bonds is 3. The summed E-state index contributed by atoms with van der Waals surface area (Å²) in [6, 6.07) is -0.190. The van der Waals surface area contributed by atoms with Crippen LogP contribution in [-0.4, -0.2) is 46.2 Å². The van der Waals surface area contributed by atoms with Crippen molar-refractivity contribution in [3.05, 3.63) is 0 Å². The molecule has 4 aliphatic carbocycles. The van der Waals surface area contributed by atoms with Gasteiger partial charge < -0.3 is 14.6 Å². The van der Waals surface area contributed by atoms with Gasteiger partial charge in [-0.05, 0) is 103 Å². The Morgan fingerprint density at radius 3 is 2.03 bits per heavy atom. The quantitative estimate of drug-likeness (QED) is 0.680. The number of hydrazine groups is 1. The molecule has 2 N–H and O–H groups in total. The Hall–Kier alpha value is -1.50. The Labute approximate surface area is 174 Å². The third kappa shape index (κ3) is 4.98. The zero-order valence-electron chi connectivity index (χ0n) is 18.8. The molecule has 29 heavy (non-hydrogen) atoms. The number of ether oxygens (including phenoxy) is 2. The monoisotopic (exact) mass is 410 g/mol. The van der Waals surface area contributed by atoms with Crippen LogP contribution in [0.2, 0.25) is 0 Å². The molecule has 166 valence electrons. The molecule has 7 nitrogen and oxygen atoms in total. The normalized spacial score (nSPS) is 33.3. The second-order valence-corrected chi connectivity index (χ2v) is 11.4. The molecule has 4 fully saturated rings. The molecular weight excluding hydrogens is 372 g/mol. The van der Waals surface area contributed by atoms with Crippen molar-refractivity contribution in [1.29, 1.82) is 0 Å². The lowest BCUT2D eigenvalue weighted by atomic mass is 9.46. The summed E-state index contributed by atoms with van der Waals surface area (Å²) in [5.41, 5.74) is 1.19. The third-order valence-electron chi connectivity index (χ3n) is 6.49. The van der Waals surface area contributed by atoms with Crippen LogP contribution in [0, 0.1) is 23.2 Å². The van der Waals surface area contributed by atoms with Gasteiger partial charge in [0.1, 0.15) is 11.2 Å². The van der Waals surface area contributed by atoms with E-state index >= 15 is 0 Å². The molecule has 0 saturated heterocycles. The fourth-order valence-corrected chi connectivity index (χ4v) is 6.18. The highest BCUT2D eigenvalue weighted by Gasteiger charge is 2.60. The molecule has 0 aromatic heterocycles. The molecule has 3 unspecified atom stereocenters. The molecule has 0 aromatic rings. The lowest BCUT2D eigenvalue weighted by Crippen LogP contribution is -2.67. The van der Waals surface area contributed by atoms with Crippen LogP contribution in [0.3, 0.4) is 0 Å². The van der Waals surface area contributed by atoms with Crippen molar-refractivity contribution in [2.24, 2.45) is 23.2 Å². The van der Waals surface area contributed by atoms with Crippen molar-refractivity contribution < 1.29 is 24.2 Å². The number of aliphatic hydroxyl groups is 1. The van der Waals surface area contributed by atoms with E-state index in [1.165, 1.54) is 11.4 Å². The molecule has 0 spiro atoms. The molecule has 2 amide bonds. The summed E-state index contributed by atoms with van der Waals surface area (Å²) in [6.45, 7) is 10.9. The zero-order valence-corrected chi connectivity index (χ0v) is 18.8. The van der Waals surface area contributed by atoms with Crippen molar-refractivity contribution in [2.75, 3.05) is 6.61 Å². The van der Waals surface area contributed by atoms with Crippen LogP contribution in [0.4, 0.5) is 9.59 Å². The van der Waals surface area contributed by atoms with E-state index in [2.05, 4.69) is 5.43 Å². The summed E-state index contributed by atoms with van der Waals surface area (Å²) < 4.78 is 11.1. The standard InChI is InChI=1S/C22H38N2O5/c1-20(2,3)28-18(26)23-24(19(27)29-21(4,5)6)17-16-10-14-9-15(11-16)13-22(17,12-14)7-8-25/h14-17,25H,7-13H2,1-6H3,(H,23,26). The maximum absolute atomic E-state index is 13.2. The lowest BCUT2D eigenvalue weighted by Gasteiger charge is -2.62. The summed E-state index contributed by atoms with van der Waals surface area (Å²) in [5.74, 6) is 1.60. The average molecular weight is 411 g/mol. The summed E-state index contributed by atoms with van der Waals surface area (Å²) in [4.78, 5) is 25.8.